The van der Waals surface area contributed by atoms with Crippen LogP contribution in [-0.2, 0) is 4.74 Å². The van der Waals surface area contributed by atoms with E-state index >= 15 is 0 Å². The van der Waals surface area contributed by atoms with Gasteiger partial charge < -0.3 is 9.47 Å². The highest BCUT2D eigenvalue weighted by atomic mass is 79.9. The van der Waals surface area contributed by atoms with E-state index in [0.29, 0.717) is 16.7 Å². The SMILES string of the molecule is COc1c(C)cc(C(Br)C2CCOCC2C)cc1C. The van der Waals surface area contributed by atoms with Gasteiger partial charge in [0.05, 0.1) is 7.11 Å². The van der Waals surface area contributed by atoms with Crippen molar-refractivity contribution in [2.75, 3.05) is 20.3 Å². The van der Waals surface area contributed by atoms with Crippen molar-refractivity contribution in [3.63, 3.8) is 0 Å². The maximum absolute atomic E-state index is 5.54. The molecule has 1 aliphatic heterocycles. The average Bonchev–Trinajstić information content (AvgIpc) is 2.38. The summed E-state index contributed by atoms with van der Waals surface area (Å²) in [7, 11) is 1.74. The molecule has 0 amide bonds. The molecule has 3 atom stereocenters. The van der Waals surface area contributed by atoms with Gasteiger partial charge in [-0.3, -0.25) is 0 Å². The summed E-state index contributed by atoms with van der Waals surface area (Å²) in [6, 6.07) is 4.49. The van der Waals surface area contributed by atoms with Gasteiger partial charge in [0.15, 0.2) is 0 Å². The minimum atomic E-state index is 0.398. The quantitative estimate of drug-likeness (QED) is 0.765. The lowest BCUT2D eigenvalue weighted by molar-refractivity contribution is 0.0241. The lowest BCUT2D eigenvalue weighted by atomic mass is 9.84. The lowest BCUT2D eigenvalue weighted by Crippen LogP contribution is -2.28. The highest BCUT2D eigenvalue weighted by Crippen LogP contribution is 2.41. The standard InChI is InChI=1S/C16H23BrO2/c1-10-7-13(8-11(2)16(10)18-4)15(17)14-5-6-19-9-12(14)3/h7-8,12,14-15H,5-6,9H2,1-4H3. The van der Waals surface area contributed by atoms with E-state index in [1.54, 1.807) is 7.11 Å². The van der Waals surface area contributed by atoms with E-state index in [-0.39, 0.29) is 0 Å². The molecule has 0 saturated carbocycles. The highest BCUT2D eigenvalue weighted by Gasteiger charge is 2.29. The number of aryl methyl sites for hydroxylation is 2. The molecule has 1 heterocycles. The molecule has 2 rings (SSSR count). The largest absolute Gasteiger partial charge is 0.496 e. The zero-order chi connectivity index (χ0) is 14.0. The lowest BCUT2D eigenvalue weighted by Gasteiger charge is -2.33. The minimum absolute atomic E-state index is 0.398. The second kappa shape index (κ2) is 6.27. The topological polar surface area (TPSA) is 18.5 Å². The summed E-state index contributed by atoms with van der Waals surface area (Å²) in [4.78, 5) is 0.398. The Labute approximate surface area is 124 Å². The summed E-state index contributed by atoms with van der Waals surface area (Å²) in [5.74, 6) is 2.24. The number of halogens is 1. The van der Waals surface area contributed by atoms with Crippen LogP contribution in [0.25, 0.3) is 0 Å². The summed E-state index contributed by atoms with van der Waals surface area (Å²) in [5, 5.41) is 0. The van der Waals surface area contributed by atoms with Gasteiger partial charge in [-0.25, -0.2) is 0 Å². The maximum Gasteiger partial charge on any atom is 0.124 e. The Hall–Kier alpha value is -0.540. The van der Waals surface area contributed by atoms with Crippen molar-refractivity contribution >= 4 is 15.9 Å². The molecule has 0 bridgehead atoms. The zero-order valence-corrected chi connectivity index (χ0v) is 13.8. The number of hydrogen-bond donors (Lipinski definition) is 0. The van der Waals surface area contributed by atoms with Gasteiger partial charge >= 0.3 is 0 Å². The molecule has 19 heavy (non-hydrogen) atoms. The van der Waals surface area contributed by atoms with E-state index in [4.69, 9.17) is 9.47 Å². The number of benzene rings is 1. The number of rotatable bonds is 3. The second-order valence-corrected chi connectivity index (χ2v) is 6.58. The Bertz CT molecular complexity index is 421. The molecule has 1 aliphatic rings. The Morgan fingerprint density at radius 1 is 1.32 bits per heavy atom. The number of alkyl halides is 1. The molecular weight excluding hydrogens is 304 g/mol. The van der Waals surface area contributed by atoms with E-state index in [1.165, 1.54) is 16.7 Å². The van der Waals surface area contributed by atoms with Crippen LogP contribution in [0.15, 0.2) is 12.1 Å². The Morgan fingerprint density at radius 2 is 1.95 bits per heavy atom. The van der Waals surface area contributed by atoms with Crippen LogP contribution in [0.4, 0.5) is 0 Å². The Morgan fingerprint density at radius 3 is 2.47 bits per heavy atom. The van der Waals surface area contributed by atoms with Crippen molar-refractivity contribution in [1.29, 1.82) is 0 Å². The molecule has 2 nitrogen and oxygen atoms in total. The van der Waals surface area contributed by atoms with Crippen molar-refractivity contribution in [3.8, 4) is 5.75 Å². The molecule has 106 valence electrons. The number of ether oxygens (including phenoxy) is 2. The van der Waals surface area contributed by atoms with E-state index in [2.05, 4.69) is 48.8 Å². The number of methoxy groups -OCH3 is 1. The van der Waals surface area contributed by atoms with Gasteiger partial charge in [-0.15, -0.1) is 0 Å². The monoisotopic (exact) mass is 326 g/mol. The molecule has 0 aromatic heterocycles. The van der Waals surface area contributed by atoms with Gasteiger partial charge in [-0.2, -0.15) is 0 Å². The van der Waals surface area contributed by atoms with E-state index in [1.807, 2.05) is 0 Å². The predicted molar refractivity (Wildman–Crippen MR) is 82.2 cm³/mol. The first-order valence-electron chi connectivity index (χ1n) is 6.91. The van der Waals surface area contributed by atoms with Crippen molar-refractivity contribution in [2.45, 2.75) is 32.0 Å². The van der Waals surface area contributed by atoms with Gasteiger partial charge in [0.1, 0.15) is 5.75 Å². The van der Waals surface area contributed by atoms with Crippen LogP contribution in [-0.4, -0.2) is 20.3 Å². The van der Waals surface area contributed by atoms with Gasteiger partial charge in [-0.05, 0) is 48.8 Å². The van der Waals surface area contributed by atoms with E-state index in [0.717, 1.165) is 25.4 Å². The molecule has 1 fully saturated rings. The van der Waals surface area contributed by atoms with Gasteiger partial charge in [0, 0.05) is 18.0 Å². The van der Waals surface area contributed by atoms with E-state index in [9.17, 15) is 0 Å². The first kappa shape index (κ1) is 14.9. The molecule has 0 N–H and O–H groups in total. The Kier molecular flexibility index (Phi) is 4.91. The third-order valence-electron chi connectivity index (χ3n) is 4.09. The van der Waals surface area contributed by atoms with Crippen LogP contribution in [0, 0.1) is 25.7 Å². The molecular formula is C16H23BrO2. The summed E-state index contributed by atoms with van der Waals surface area (Å²) in [6.07, 6.45) is 1.13. The fourth-order valence-corrected chi connectivity index (χ4v) is 4.09. The number of hydrogen-bond acceptors (Lipinski definition) is 2. The first-order valence-corrected chi connectivity index (χ1v) is 7.83. The molecule has 3 heteroatoms. The van der Waals surface area contributed by atoms with Crippen LogP contribution < -0.4 is 4.74 Å². The Balaban J connectivity index is 2.26. The smallest absolute Gasteiger partial charge is 0.124 e. The van der Waals surface area contributed by atoms with Crippen LogP contribution >= 0.6 is 15.9 Å². The molecule has 1 saturated heterocycles. The van der Waals surface area contributed by atoms with Crippen LogP contribution in [0.3, 0.4) is 0 Å². The van der Waals surface area contributed by atoms with Crippen molar-refractivity contribution in [3.05, 3.63) is 28.8 Å². The summed E-state index contributed by atoms with van der Waals surface area (Å²) in [6.45, 7) is 8.26. The van der Waals surface area contributed by atoms with Crippen LogP contribution in [0.5, 0.6) is 5.75 Å². The fourth-order valence-electron chi connectivity index (χ4n) is 3.04. The van der Waals surface area contributed by atoms with Gasteiger partial charge in [0.2, 0.25) is 0 Å². The van der Waals surface area contributed by atoms with Crippen molar-refractivity contribution < 1.29 is 9.47 Å². The van der Waals surface area contributed by atoms with Crippen molar-refractivity contribution in [2.24, 2.45) is 11.8 Å². The van der Waals surface area contributed by atoms with Gasteiger partial charge in [0.25, 0.3) is 0 Å². The summed E-state index contributed by atoms with van der Waals surface area (Å²) >= 11 is 3.91. The molecule has 0 aliphatic carbocycles. The first-order chi connectivity index (χ1) is 9.04. The van der Waals surface area contributed by atoms with Crippen LogP contribution in [0.1, 0.15) is 34.9 Å². The molecule has 0 spiro atoms. The molecule has 0 radical (unpaired) electrons. The summed E-state index contributed by atoms with van der Waals surface area (Å²) < 4.78 is 11.0. The predicted octanol–water partition coefficient (Wildman–Crippen LogP) is 4.42. The normalized spacial score (nSPS) is 25.1. The average molecular weight is 327 g/mol. The molecule has 1 aromatic rings. The minimum Gasteiger partial charge on any atom is -0.496 e. The third kappa shape index (κ3) is 3.14. The third-order valence-corrected chi connectivity index (χ3v) is 5.30. The molecule has 3 unspecified atom stereocenters. The summed E-state index contributed by atoms with van der Waals surface area (Å²) in [5.41, 5.74) is 3.78. The second-order valence-electron chi connectivity index (χ2n) is 5.59. The van der Waals surface area contributed by atoms with Crippen LogP contribution in [0.2, 0.25) is 0 Å². The highest BCUT2D eigenvalue weighted by molar-refractivity contribution is 9.09. The fraction of sp³-hybridized carbons (Fsp3) is 0.625. The van der Waals surface area contributed by atoms with Crippen molar-refractivity contribution in [1.82, 2.24) is 0 Å². The van der Waals surface area contributed by atoms with Gasteiger partial charge in [-0.1, -0.05) is 35.0 Å². The zero-order valence-electron chi connectivity index (χ0n) is 12.2. The maximum atomic E-state index is 5.54. The van der Waals surface area contributed by atoms with E-state index < -0.39 is 0 Å². The molecule has 1 aromatic carbocycles.